The number of rotatable bonds is 5. The first-order valence-electron chi connectivity index (χ1n) is 9.65. The third kappa shape index (κ3) is 4.36. The fourth-order valence-corrected chi connectivity index (χ4v) is 3.41. The zero-order chi connectivity index (χ0) is 20.4. The molecule has 1 amide bonds. The lowest BCUT2D eigenvalue weighted by molar-refractivity contribution is -0.137. The number of fused-ring (bicyclic) bond motifs is 1. The van der Waals surface area contributed by atoms with Gasteiger partial charge in [0.1, 0.15) is 0 Å². The SMILES string of the molecule is O=C(Nc1c[nH]c2ccc(C=CCc3ccc(C(F)(F)F)cc3)cc12)C1CCC1. The van der Waals surface area contributed by atoms with Crippen molar-refractivity contribution in [3.63, 3.8) is 0 Å². The summed E-state index contributed by atoms with van der Waals surface area (Å²) in [5, 5.41) is 3.95. The quantitative estimate of drug-likeness (QED) is 0.529. The second-order valence-electron chi connectivity index (χ2n) is 7.43. The molecule has 3 nitrogen and oxygen atoms in total. The number of allylic oxidation sites excluding steroid dienone is 1. The molecule has 1 aliphatic rings. The number of hydrogen-bond acceptors (Lipinski definition) is 1. The van der Waals surface area contributed by atoms with E-state index in [-0.39, 0.29) is 11.8 Å². The molecule has 0 atom stereocenters. The third-order valence-electron chi connectivity index (χ3n) is 5.38. The van der Waals surface area contributed by atoms with Gasteiger partial charge in [0.25, 0.3) is 0 Å². The lowest BCUT2D eigenvalue weighted by Crippen LogP contribution is -2.27. The van der Waals surface area contributed by atoms with E-state index in [4.69, 9.17) is 0 Å². The largest absolute Gasteiger partial charge is 0.416 e. The highest BCUT2D eigenvalue weighted by Gasteiger charge is 2.29. The first-order valence-corrected chi connectivity index (χ1v) is 9.65. The first-order chi connectivity index (χ1) is 13.9. The molecule has 2 N–H and O–H groups in total. The number of carbonyl (C=O) groups is 1. The number of hydrogen-bond donors (Lipinski definition) is 2. The Morgan fingerprint density at radius 2 is 1.90 bits per heavy atom. The van der Waals surface area contributed by atoms with Crippen LogP contribution in [0.3, 0.4) is 0 Å². The van der Waals surface area contributed by atoms with Crippen LogP contribution in [0.15, 0.2) is 54.7 Å². The average molecular weight is 398 g/mol. The van der Waals surface area contributed by atoms with E-state index in [1.165, 1.54) is 12.1 Å². The van der Waals surface area contributed by atoms with Crippen molar-refractivity contribution in [2.24, 2.45) is 5.92 Å². The molecule has 0 aliphatic heterocycles. The standard InChI is InChI=1S/C23H21F3N2O/c24-23(25,26)18-10-7-15(8-11-18)3-1-4-16-9-12-20-19(13-16)21(14-27-20)28-22(29)17-5-2-6-17/h1,4,7-14,17,27H,2-3,5-6H2,(H,28,29). The van der Waals surface area contributed by atoms with E-state index in [1.807, 2.05) is 30.4 Å². The summed E-state index contributed by atoms with van der Waals surface area (Å²) in [6, 6.07) is 11.1. The van der Waals surface area contributed by atoms with E-state index < -0.39 is 11.7 Å². The Morgan fingerprint density at radius 3 is 2.55 bits per heavy atom. The maximum Gasteiger partial charge on any atom is 0.416 e. The van der Waals surface area contributed by atoms with Crippen LogP contribution >= 0.6 is 0 Å². The molecule has 150 valence electrons. The van der Waals surface area contributed by atoms with Gasteiger partial charge in [-0.15, -0.1) is 0 Å². The topological polar surface area (TPSA) is 44.9 Å². The number of benzene rings is 2. The van der Waals surface area contributed by atoms with Crippen molar-refractivity contribution in [1.82, 2.24) is 4.98 Å². The lowest BCUT2D eigenvalue weighted by Gasteiger charge is -2.23. The summed E-state index contributed by atoms with van der Waals surface area (Å²) in [6.07, 6.45) is 4.89. The predicted octanol–water partition coefficient (Wildman–Crippen LogP) is 6.18. The van der Waals surface area contributed by atoms with Crippen molar-refractivity contribution in [1.29, 1.82) is 0 Å². The van der Waals surface area contributed by atoms with Gasteiger partial charge >= 0.3 is 6.18 Å². The molecule has 4 rings (SSSR count). The summed E-state index contributed by atoms with van der Waals surface area (Å²) in [7, 11) is 0. The van der Waals surface area contributed by atoms with Gasteiger partial charge in [0.05, 0.1) is 11.3 Å². The number of halogens is 3. The Labute approximate surface area is 166 Å². The molecule has 1 saturated carbocycles. The summed E-state index contributed by atoms with van der Waals surface area (Å²) in [5.41, 5.74) is 2.84. The summed E-state index contributed by atoms with van der Waals surface area (Å²) in [4.78, 5) is 15.4. The summed E-state index contributed by atoms with van der Waals surface area (Å²) < 4.78 is 37.9. The van der Waals surface area contributed by atoms with Gasteiger partial charge in [0.15, 0.2) is 0 Å². The molecular formula is C23H21F3N2O. The Morgan fingerprint density at radius 1 is 1.14 bits per heavy atom. The van der Waals surface area contributed by atoms with E-state index in [2.05, 4.69) is 10.3 Å². The van der Waals surface area contributed by atoms with Gasteiger partial charge < -0.3 is 10.3 Å². The first kappa shape index (κ1) is 19.3. The van der Waals surface area contributed by atoms with Gasteiger partial charge in [-0.25, -0.2) is 0 Å². The Kier molecular flexibility index (Phi) is 5.18. The van der Waals surface area contributed by atoms with Crippen LogP contribution in [0.2, 0.25) is 0 Å². The van der Waals surface area contributed by atoms with Crippen LogP contribution in [0, 0.1) is 5.92 Å². The minimum atomic E-state index is -4.31. The van der Waals surface area contributed by atoms with Crippen molar-refractivity contribution < 1.29 is 18.0 Å². The molecule has 1 aliphatic carbocycles. The number of carbonyl (C=O) groups excluding carboxylic acids is 1. The molecule has 1 fully saturated rings. The second kappa shape index (κ2) is 7.78. The van der Waals surface area contributed by atoms with Crippen molar-refractivity contribution in [3.05, 3.63) is 71.4 Å². The highest BCUT2D eigenvalue weighted by atomic mass is 19.4. The smallest absolute Gasteiger partial charge is 0.359 e. The second-order valence-corrected chi connectivity index (χ2v) is 7.43. The van der Waals surface area contributed by atoms with E-state index >= 15 is 0 Å². The number of anilines is 1. The van der Waals surface area contributed by atoms with Crippen LogP contribution in [-0.2, 0) is 17.4 Å². The maximum absolute atomic E-state index is 12.6. The van der Waals surface area contributed by atoms with Crippen LogP contribution < -0.4 is 5.32 Å². The summed E-state index contributed by atoms with van der Waals surface area (Å²) >= 11 is 0. The zero-order valence-electron chi connectivity index (χ0n) is 15.7. The number of alkyl halides is 3. The fraction of sp³-hybridized carbons (Fsp3) is 0.261. The van der Waals surface area contributed by atoms with E-state index in [9.17, 15) is 18.0 Å². The van der Waals surface area contributed by atoms with Crippen LogP contribution in [0.4, 0.5) is 18.9 Å². The van der Waals surface area contributed by atoms with Crippen LogP contribution in [-0.4, -0.2) is 10.9 Å². The van der Waals surface area contributed by atoms with Crippen molar-refractivity contribution in [3.8, 4) is 0 Å². The average Bonchev–Trinajstić information content (AvgIpc) is 3.02. The monoisotopic (exact) mass is 398 g/mol. The number of H-pyrrole nitrogens is 1. The Balaban J connectivity index is 1.45. The Bertz CT molecular complexity index is 1040. The van der Waals surface area contributed by atoms with E-state index in [0.717, 1.165) is 59.1 Å². The van der Waals surface area contributed by atoms with Crippen molar-refractivity contribution >= 4 is 28.6 Å². The molecule has 1 aromatic heterocycles. The number of aromatic amines is 1. The number of aromatic nitrogens is 1. The third-order valence-corrected chi connectivity index (χ3v) is 5.38. The molecule has 1 heterocycles. The molecule has 29 heavy (non-hydrogen) atoms. The van der Waals surface area contributed by atoms with Gasteiger partial charge in [-0.2, -0.15) is 13.2 Å². The minimum Gasteiger partial charge on any atom is -0.359 e. The summed E-state index contributed by atoms with van der Waals surface area (Å²) in [5.74, 6) is 0.187. The van der Waals surface area contributed by atoms with Crippen molar-refractivity contribution in [2.45, 2.75) is 31.9 Å². The molecule has 0 bridgehead atoms. The van der Waals surface area contributed by atoms with Crippen LogP contribution in [0.1, 0.15) is 36.0 Å². The van der Waals surface area contributed by atoms with E-state index in [0.29, 0.717) is 6.42 Å². The fourth-order valence-electron chi connectivity index (χ4n) is 3.41. The van der Waals surface area contributed by atoms with Crippen molar-refractivity contribution in [2.75, 3.05) is 5.32 Å². The molecule has 0 spiro atoms. The summed E-state index contributed by atoms with van der Waals surface area (Å²) in [6.45, 7) is 0. The number of amides is 1. The maximum atomic E-state index is 12.6. The van der Waals surface area contributed by atoms with Gasteiger partial charge in [0, 0.05) is 23.0 Å². The van der Waals surface area contributed by atoms with Crippen LogP contribution in [0.5, 0.6) is 0 Å². The molecule has 0 radical (unpaired) electrons. The predicted molar refractivity (Wildman–Crippen MR) is 108 cm³/mol. The Hall–Kier alpha value is -3.02. The highest BCUT2D eigenvalue weighted by molar-refractivity contribution is 6.03. The van der Waals surface area contributed by atoms with Crippen LogP contribution in [0.25, 0.3) is 17.0 Å². The normalized spacial score (nSPS) is 15.0. The van der Waals surface area contributed by atoms with Gasteiger partial charge in [-0.05, 0) is 54.7 Å². The van der Waals surface area contributed by atoms with Gasteiger partial charge in [-0.3, -0.25) is 4.79 Å². The molecule has 6 heteroatoms. The number of nitrogens with one attached hydrogen (secondary N) is 2. The molecule has 2 aromatic carbocycles. The molecular weight excluding hydrogens is 377 g/mol. The van der Waals surface area contributed by atoms with Gasteiger partial charge in [-0.1, -0.05) is 36.8 Å². The molecule has 3 aromatic rings. The minimum absolute atomic E-state index is 0.0698. The lowest BCUT2D eigenvalue weighted by atomic mass is 9.85. The molecule has 0 unspecified atom stereocenters. The highest BCUT2D eigenvalue weighted by Crippen LogP contribution is 2.31. The van der Waals surface area contributed by atoms with Gasteiger partial charge in [0.2, 0.25) is 5.91 Å². The zero-order valence-corrected chi connectivity index (χ0v) is 15.7. The molecule has 0 saturated heterocycles. The van der Waals surface area contributed by atoms with E-state index in [1.54, 1.807) is 6.20 Å².